The number of hydrogen-bond donors (Lipinski definition) is 2. The van der Waals surface area contributed by atoms with Gasteiger partial charge in [0.1, 0.15) is 11.5 Å². The molecular formula is C16H27N3O2. The number of amides is 1. The number of nitrogens with two attached hydrogens (primary N) is 1. The molecule has 1 saturated heterocycles. The van der Waals surface area contributed by atoms with E-state index < -0.39 is 0 Å². The van der Waals surface area contributed by atoms with Gasteiger partial charge in [0.15, 0.2) is 0 Å². The van der Waals surface area contributed by atoms with E-state index in [0.29, 0.717) is 0 Å². The largest absolute Gasteiger partial charge is 0.465 e. The molecule has 1 fully saturated rings. The van der Waals surface area contributed by atoms with Crippen LogP contribution in [0.1, 0.15) is 43.7 Å². The maximum atomic E-state index is 11.9. The van der Waals surface area contributed by atoms with Crippen molar-refractivity contribution in [1.29, 1.82) is 0 Å². The van der Waals surface area contributed by atoms with Gasteiger partial charge in [-0.2, -0.15) is 0 Å². The fraction of sp³-hybridized carbons (Fsp3) is 0.688. The fourth-order valence-electron chi connectivity index (χ4n) is 3.17. The molecule has 3 atom stereocenters. The molecule has 118 valence electrons. The van der Waals surface area contributed by atoms with E-state index in [4.69, 9.17) is 10.2 Å². The van der Waals surface area contributed by atoms with Crippen LogP contribution in [0, 0.1) is 12.8 Å². The fourth-order valence-corrected chi connectivity index (χ4v) is 3.17. The summed E-state index contributed by atoms with van der Waals surface area (Å²) in [6.45, 7) is 5.75. The van der Waals surface area contributed by atoms with Gasteiger partial charge < -0.3 is 15.5 Å². The lowest BCUT2D eigenvalue weighted by molar-refractivity contribution is -0.126. The predicted molar refractivity (Wildman–Crippen MR) is 82.8 cm³/mol. The zero-order valence-electron chi connectivity index (χ0n) is 13.3. The SMILES string of the molecule is CCC(N)C(c1ccc(C)o1)N1CCCC(C(=O)NC)C1. The molecule has 0 radical (unpaired) electrons. The Kier molecular flexibility index (Phi) is 5.42. The Morgan fingerprint density at radius 2 is 2.33 bits per heavy atom. The summed E-state index contributed by atoms with van der Waals surface area (Å²) < 4.78 is 5.82. The highest BCUT2D eigenvalue weighted by molar-refractivity contribution is 5.78. The highest BCUT2D eigenvalue weighted by atomic mass is 16.3. The van der Waals surface area contributed by atoms with E-state index in [9.17, 15) is 4.79 Å². The van der Waals surface area contributed by atoms with Crippen LogP contribution in [0.3, 0.4) is 0 Å². The number of likely N-dealkylation sites (tertiary alicyclic amines) is 1. The minimum atomic E-state index is 0.0130. The zero-order valence-corrected chi connectivity index (χ0v) is 13.3. The molecule has 3 N–H and O–H groups in total. The second-order valence-corrected chi connectivity index (χ2v) is 5.91. The molecule has 1 aliphatic rings. The summed E-state index contributed by atoms with van der Waals surface area (Å²) >= 11 is 0. The Balaban J connectivity index is 2.18. The van der Waals surface area contributed by atoms with Crippen molar-refractivity contribution in [1.82, 2.24) is 10.2 Å². The van der Waals surface area contributed by atoms with Crippen LogP contribution in [0.25, 0.3) is 0 Å². The van der Waals surface area contributed by atoms with Crippen molar-refractivity contribution >= 4 is 5.91 Å². The third-order valence-electron chi connectivity index (χ3n) is 4.39. The summed E-state index contributed by atoms with van der Waals surface area (Å²) in [6, 6.07) is 4.05. The monoisotopic (exact) mass is 293 g/mol. The average molecular weight is 293 g/mol. The average Bonchev–Trinajstić information content (AvgIpc) is 2.92. The highest BCUT2D eigenvalue weighted by Gasteiger charge is 2.34. The van der Waals surface area contributed by atoms with Crippen LogP contribution in [0.2, 0.25) is 0 Å². The van der Waals surface area contributed by atoms with E-state index in [1.807, 2.05) is 19.1 Å². The first-order chi connectivity index (χ1) is 10.1. The Bertz CT molecular complexity index is 472. The second-order valence-electron chi connectivity index (χ2n) is 5.91. The molecule has 1 aromatic heterocycles. The molecule has 5 heteroatoms. The maximum Gasteiger partial charge on any atom is 0.224 e. The molecule has 0 aromatic carbocycles. The van der Waals surface area contributed by atoms with Gasteiger partial charge in [0, 0.05) is 19.6 Å². The normalized spacial score (nSPS) is 22.8. The van der Waals surface area contributed by atoms with Crippen molar-refractivity contribution in [2.75, 3.05) is 20.1 Å². The predicted octanol–water partition coefficient (Wildman–Crippen LogP) is 1.82. The van der Waals surface area contributed by atoms with Gasteiger partial charge in [0.25, 0.3) is 0 Å². The van der Waals surface area contributed by atoms with Crippen LogP contribution >= 0.6 is 0 Å². The first kappa shape index (κ1) is 16.0. The number of aryl methyl sites for hydroxylation is 1. The van der Waals surface area contributed by atoms with Crippen LogP contribution in [-0.4, -0.2) is 37.0 Å². The van der Waals surface area contributed by atoms with Gasteiger partial charge in [-0.3, -0.25) is 9.69 Å². The number of piperidine rings is 1. The molecule has 0 bridgehead atoms. The van der Waals surface area contributed by atoms with Gasteiger partial charge in [-0.15, -0.1) is 0 Å². The minimum absolute atomic E-state index is 0.0130. The summed E-state index contributed by atoms with van der Waals surface area (Å²) in [7, 11) is 1.70. The van der Waals surface area contributed by atoms with Crippen molar-refractivity contribution in [2.45, 2.75) is 45.2 Å². The number of rotatable bonds is 5. The summed E-state index contributed by atoms with van der Waals surface area (Å²) in [5, 5.41) is 2.76. The van der Waals surface area contributed by atoms with E-state index in [1.54, 1.807) is 7.05 Å². The van der Waals surface area contributed by atoms with E-state index in [1.165, 1.54) is 0 Å². The van der Waals surface area contributed by atoms with E-state index >= 15 is 0 Å². The topological polar surface area (TPSA) is 71.5 Å². The quantitative estimate of drug-likeness (QED) is 0.869. The number of furan rings is 1. The van der Waals surface area contributed by atoms with E-state index in [2.05, 4.69) is 17.1 Å². The highest BCUT2D eigenvalue weighted by Crippen LogP contribution is 2.31. The van der Waals surface area contributed by atoms with E-state index in [0.717, 1.165) is 43.9 Å². The Hall–Kier alpha value is -1.33. The van der Waals surface area contributed by atoms with Crippen LogP contribution < -0.4 is 11.1 Å². The molecule has 0 saturated carbocycles. The third-order valence-corrected chi connectivity index (χ3v) is 4.39. The van der Waals surface area contributed by atoms with Gasteiger partial charge in [-0.1, -0.05) is 6.92 Å². The standard InChI is InChI=1S/C16H27N3O2/c1-4-13(17)15(14-8-7-11(2)21-14)19-9-5-6-12(10-19)16(20)18-3/h7-8,12-13,15H,4-6,9-10,17H2,1-3H3,(H,18,20). The molecule has 1 amide bonds. The van der Waals surface area contributed by atoms with Crippen LogP contribution in [0.15, 0.2) is 16.5 Å². The molecule has 0 aliphatic carbocycles. The lowest BCUT2D eigenvalue weighted by Gasteiger charge is -2.39. The van der Waals surface area contributed by atoms with Crippen molar-refractivity contribution in [3.8, 4) is 0 Å². The van der Waals surface area contributed by atoms with Gasteiger partial charge in [-0.05, 0) is 44.9 Å². The molecular weight excluding hydrogens is 266 g/mol. The first-order valence-electron chi connectivity index (χ1n) is 7.84. The molecule has 21 heavy (non-hydrogen) atoms. The Labute approximate surface area is 126 Å². The molecule has 2 heterocycles. The summed E-state index contributed by atoms with van der Waals surface area (Å²) in [5.74, 6) is 1.99. The Morgan fingerprint density at radius 3 is 2.90 bits per heavy atom. The summed E-state index contributed by atoms with van der Waals surface area (Å²) in [5.41, 5.74) is 6.34. The van der Waals surface area contributed by atoms with Crippen LogP contribution in [0.4, 0.5) is 0 Å². The lowest BCUT2D eigenvalue weighted by atomic mass is 9.93. The number of hydrogen-bond acceptors (Lipinski definition) is 4. The van der Waals surface area contributed by atoms with Gasteiger partial charge in [-0.25, -0.2) is 0 Å². The lowest BCUT2D eigenvalue weighted by Crippen LogP contribution is -2.48. The molecule has 1 aromatic rings. The van der Waals surface area contributed by atoms with Crippen molar-refractivity contribution < 1.29 is 9.21 Å². The number of carbonyl (C=O) groups is 1. The van der Waals surface area contributed by atoms with Crippen molar-refractivity contribution in [2.24, 2.45) is 11.7 Å². The smallest absolute Gasteiger partial charge is 0.224 e. The summed E-state index contributed by atoms with van der Waals surface area (Å²) in [4.78, 5) is 14.2. The van der Waals surface area contributed by atoms with Crippen LogP contribution in [-0.2, 0) is 4.79 Å². The number of nitrogens with one attached hydrogen (secondary N) is 1. The van der Waals surface area contributed by atoms with Gasteiger partial charge in [0.2, 0.25) is 5.91 Å². The first-order valence-corrected chi connectivity index (χ1v) is 7.84. The zero-order chi connectivity index (χ0) is 15.4. The van der Waals surface area contributed by atoms with Crippen LogP contribution in [0.5, 0.6) is 0 Å². The molecule has 0 spiro atoms. The second kappa shape index (κ2) is 7.09. The molecule has 2 rings (SSSR count). The Morgan fingerprint density at radius 1 is 1.57 bits per heavy atom. The number of nitrogens with zero attached hydrogens (tertiary/aromatic N) is 1. The van der Waals surface area contributed by atoms with Crippen molar-refractivity contribution in [3.63, 3.8) is 0 Å². The van der Waals surface area contributed by atoms with Gasteiger partial charge >= 0.3 is 0 Å². The number of carbonyl (C=O) groups excluding carboxylic acids is 1. The molecule has 5 nitrogen and oxygen atoms in total. The van der Waals surface area contributed by atoms with Crippen molar-refractivity contribution in [3.05, 3.63) is 23.7 Å². The van der Waals surface area contributed by atoms with E-state index in [-0.39, 0.29) is 23.9 Å². The minimum Gasteiger partial charge on any atom is -0.465 e. The maximum absolute atomic E-state index is 11.9. The summed E-state index contributed by atoms with van der Waals surface area (Å²) in [6.07, 6.45) is 2.84. The molecule has 1 aliphatic heterocycles. The third kappa shape index (κ3) is 3.66. The molecule has 3 unspecified atom stereocenters. The van der Waals surface area contributed by atoms with Gasteiger partial charge in [0.05, 0.1) is 12.0 Å².